The first-order chi connectivity index (χ1) is 19.1. The van der Waals surface area contributed by atoms with Crippen LogP contribution in [0.3, 0.4) is 0 Å². The number of hydrogen-bond acceptors (Lipinski definition) is 7. The molecule has 0 aliphatic carbocycles. The Morgan fingerprint density at radius 1 is 1.10 bits per heavy atom. The molecule has 9 nitrogen and oxygen atoms in total. The highest BCUT2D eigenvalue weighted by atomic mass is 19.2. The highest BCUT2D eigenvalue weighted by Gasteiger charge is 2.25. The number of piperazine rings is 1. The SMILES string of the molecule is C=CC(=O)Nc1cccc(-c2ccc3cnc(Nc4ccc(N5CCN(CC(C)(C)O)CC5)c(F)c4F)nn23)c1. The largest absolute Gasteiger partial charge is 0.389 e. The van der Waals surface area contributed by atoms with Crippen LogP contribution in [0.2, 0.25) is 0 Å². The number of nitrogens with zero attached hydrogens (tertiary/aromatic N) is 5. The Kier molecular flexibility index (Phi) is 7.51. The number of hydrogen-bond donors (Lipinski definition) is 3. The molecule has 3 heterocycles. The van der Waals surface area contributed by atoms with Gasteiger partial charge in [0.15, 0.2) is 11.6 Å². The predicted molar refractivity (Wildman–Crippen MR) is 152 cm³/mol. The molecule has 0 atom stereocenters. The van der Waals surface area contributed by atoms with E-state index in [2.05, 4.69) is 32.2 Å². The van der Waals surface area contributed by atoms with Crippen LogP contribution in [0.25, 0.3) is 16.8 Å². The molecule has 3 N–H and O–H groups in total. The molecule has 11 heteroatoms. The minimum absolute atomic E-state index is 0.0795. The molecule has 5 rings (SSSR count). The van der Waals surface area contributed by atoms with E-state index < -0.39 is 17.2 Å². The molecule has 2 aromatic carbocycles. The molecule has 1 fully saturated rings. The van der Waals surface area contributed by atoms with Crippen molar-refractivity contribution in [3.05, 3.63) is 79.0 Å². The molecular weight excluding hydrogens is 516 g/mol. The number of rotatable bonds is 8. The molecule has 1 aliphatic heterocycles. The number of anilines is 4. The Hall–Kier alpha value is -4.35. The van der Waals surface area contributed by atoms with Crippen LogP contribution in [0.4, 0.5) is 31.8 Å². The number of fused-ring (bicyclic) bond motifs is 1. The summed E-state index contributed by atoms with van der Waals surface area (Å²) in [6, 6.07) is 14.0. The summed E-state index contributed by atoms with van der Waals surface area (Å²) in [5, 5.41) is 20.1. The second-order valence-corrected chi connectivity index (χ2v) is 10.4. The van der Waals surface area contributed by atoms with Gasteiger partial charge in [0.05, 0.1) is 34.4 Å². The second kappa shape index (κ2) is 11.0. The summed E-state index contributed by atoms with van der Waals surface area (Å²) >= 11 is 0. The van der Waals surface area contributed by atoms with Gasteiger partial charge in [0, 0.05) is 44.0 Å². The molecule has 4 aromatic rings. The van der Waals surface area contributed by atoms with Crippen LogP contribution in [0, 0.1) is 11.6 Å². The van der Waals surface area contributed by atoms with Gasteiger partial charge in [-0.3, -0.25) is 9.69 Å². The standard InChI is InChI=1S/C29H31F2N7O2/c1-4-25(39)33-20-7-5-6-19(16-20)23-10-8-21-17-32-28(35-38(21)23)34-22-9-11-24(27(31)26(22)30)37-14-12-36(13-15-37)18-29(2,3)40/h4-11,16-17,40H,1,12-15,18H2,2-3H3,(H,33,39)(H,34,35). The minimum atomic E-state index is -1.02. The van der Waals surface area contributed by atoms with Gasteiger partial charge in [0.1, 0.15) is 0 Å². The van der Waals surface area contributed by atoms with Gasteiger partial charge in [-0.05, 0) is 56.3 Å². The van der Waals surface area contributed by atoms with Crippen LogP contribution in [0.15, 0.2) is 67.4 Å². The Morgan fingerprint density at radius 3 is 2.60 bits per heavy atom. The van der Waals surface area contributed by atoms with Gasteiger partial charge in [-0.15, -0.1) is 5.10 Å². The first kappa shape index (κ1) is 27.2. The van der Waals surface area contributed by atoms with Crippen molar-refractivity contribution in [3.8, 4) is 11.3 Å². The van der Waals surface area contributed by atoms with E-state index in [0.717, 1.165) is 11.3 Å². The average molecular weight is 548 g/mol. The molecule has 0 bridgehead atoms. The van der Waals surface area contributed by atoms with E-state index >= 15 is 8.78 Å². The van der Waals surface area contributed by atoms with Gasteiger partial charge in [-0.25, -0.2) is 18.3 Å². The second-order valence-electron chi connectivity index (χ2n) is 10.4. The van der Waals surface area contributed by atoms with Crippen molar-refractivity contribution in [1.82, 2.24) is 19.5 Å². The molecule has 0 spiro atoms. The maximum absolute atomic E-state index is 15.2. The third kappa shape index (κ3) is 5.95. The van der Waals surface area contributed by atoms with Crippen LogP contribution in [-0.4, -0.2) is 68.8 Å². The summed E-state index contributed by atoms with van der Waals surface area (Å²) in [6.07, 6.45) is 2.77. The number of carbonyl (C=O) groups excluding carboxylic acids is 1. The molecule has 2 aromatic heterocycles. The molecule has 208 valence electrons. The summed E-state index contributed by atoms with van der Waals surface area (Å²) in [5.74, 6) is -2.19. The highest BCUT2D eigenvalue weighted by molar-refractivity contribution is 5.99. The van der Waals surface area contributed by atoms with Crippen molar-refractivity contribution < 1.29 is 18.7 Å². The van der Waals surface area contributed by atoms with Crippen LogP contribution >= 0.6 is 0 Å². The Morgan fingerprint density at radius 2 is 1.88 bits per heavy atom. The summed E-state index contributed by atoms with van der Waals surface area (Å²) < 4.78 is 32.0. The zero-order valence-electron chi connectivity index (χ0n) is 22.4. The number of halogens is 2. The first-order valence-corrected chi connectivity index (χ1v) is 12.9. The Bertz CT molecular complexity index is 1560. The third-order valence-corrected chi connectivity index (χ3v) is 6.64. The van der Waals surface area contributed by atoms with Gasteiger partial charge in [-0.1, -0.05) is 18.7 Å². The van der Waals surface area contributed by atoms with Crippen molar-refractivity contribution in [2.45, 2.75) is 19.4 Å². The van der Waals surface area contributed by atoms with Gasteiger partial charge < -0.3 is 20.6 Å². The monoisotopic (exact) mass is 547 g/mol. The number of aliphatic hydroxyl groups is 1. The van der Waals surface area contributed by atoms with E-state index in [1.54, 1.807) is 48.8 Å². The molecule has 40 heavy (non-hydrogen) atoms. The van der Waals surface area contributed by atoms with Crippen molar-refractivity contribution in [2.24, 2.45) is 0 Å². The van der Waals surface area contributed by atoms with Crippen LogP contribution in [0.1, 0.15) is 13.8 Å². The van der Waals surface area contributed by atoms with E-state index in [1.807, 2.05) is 23.1 Å². The third-order valence-electron chi connectivity index (χ3n) is 6.64. The fourth-order valence-electron chi connectivity index (χ4n) is 4.82. The number of β-amino-alcohol motifs (C(OH)–C–C–N with tert-alkyl or cyclic N) is 1. The highest BCUT2D eigenvalue weighted by Crippen LogP contribution is 2.30. The number of amides is 1. The number of carbonyl (C=O) groups is 1. The Labute approximate surface area is 230 Å². The van der Waals surface area contributed by atoms with E-state index in [-0.39, 0.29) is 23.2 Å². The fraction of sp³-hybridized carbons (Fsp3) is 0.276. The summed E-state index contributed by atoms with van der Waals surface area (Å²) in [4.78, 5) is 19.9. The van der Waals surface area contributed by atoms with Crippen molar-refractivity contribution in [3.63, 3.8) is 0 Å². The van der Waals surface area contributed by atoms with Crippen LogP contribution < -0.4 is 15.5 Å². The van der Waals surface area contributed by atoms with E-state index in [1.165, 1.54) is 12.1 Å². The number of aromatic nitrogens is 3. The van der Waals surface area contributed by atoms with Gasteiger partial charge in [0.2, 0.25) is 11.9 Å². The number of benzene rings is 2. The molecule has 0 unspecified atom stereocenters. The zero-order valence-corrected chi connectivity index (χ0v) is 22.4. The molecule has 1 saturated heterocycles. The first-order valence-electron chi connectivity index (χ1n) is 12.9. The smallest absolute Gasteiger partial charge is 0.247 e. The van der Waals surface area contributed by atoms with E-state index in [9.17, 15) is 9.90 Å². The lowest BCUT2D eigenvalue weighted by Crippen LogP contribution is -2.50. The van der Waals surface area contributed by atoms with Crippen molar-refractivity contribution in [1.29, 1.82) is 0 Å². The van der Waals surface area contributed by atoms with Crippen molar-refractivity contribution in [2.75, 3.05) is 48.3 Å². The van der Waals surface area contributed by atoms with Crippen LogP contribution in [-0.2, 0) is 4.79 Å². The molecule has 0 saturated carbocycles. The topological polar surface area (TPSA) is 98.0 Å². The fourth-order valence-corrected chi connectivity index (χ4v) is 4.82. The lowest BCUT2D eigenvalue weighted by atomic mass is 10.1. The lowest BCUT2D eigenvalue weighted by Gasteiger charge is -2.38. The summed E-state index contributed by atoms with van der Waals surface area (Å²) in [6.45, 7) is 9.81. The van der Waals surface area contributed by atoms with E-state index in [4.69, 9.17) is 0 Å². The van der Waals surface area contributed by atoms with Crippen molar-refractivity contribution >= 4 is 34.4 Å². The predicted octanol–water partition coefficient (Wildman–Crippen LogP) is 4.44. The van der Waals surface area contributed by atoms with Gasteiger partial charge in [-0.2, -0.15) is 0 Å². The quantitative estimate of drug-likeness (QED) is 0.281. The average Bonchev–Trinajstić information content (AvgIpc) is 3.35. The van der Waals surface area contributed by atoms with Gasteiger partial charge in [0.25, 0.3) is 0 Å². The molecular formula is C29H31F2N7O2. The number of nitrogens with one attached hydrogen (secondary N) is 2. The maximum Gasteiger partial charge on any atom is 0.247 e. The Balaban J connectivity index is 1.34. The molecule has 1 aliphatic rings. The normalized spacial score (nSPS) is 14.4. The summed E-state index contributed by atoms with van der Waals surface area (Å²) in [5.41, 5.74) is 2.11. The van der Waals surface area contributed by atoms with Crippen LogP contribution in [0.5, 0.6) is 0 Å². The minimum Gasteiger partial charge on any atom is -0.389 e. The molecule has 1 amide bonds. The zero-order chi connectivity index (χ0) is 28.4. The lowest BCUT2D eigenvalue weighted by molar-refractivity contribution is -0.111. The van der Waals surface area contributed by atoms with Gasteiger partial charge >= 0.3 is 0 Å². The maximum atomic E-state index is 15.2. The molecule has 0 radical (unpaired) electrons. The summed E-state index contributed by atoms with van der Waals surface area (Å²) in [7, 11) is 0. The van der Waals surface area contributed by atoms with E-state index in [0.29, 0.717) is 43.9 Å².